The highest BCUT2D eigenvalue weighted by molar-refractivity contribution is 7.45. The van der Waals surface area contributed by atoms with Gasteiger partial charge in [0.15, 0.2) is 0 Å². The zero-order valence-corrected chi connectivity index (χ0v) is 12.8. The van der Waals surface area contributed by atoms with Crippen LogP contribution >= 0.6 is 40.2 Å². The van der Waals surface area contributed by atoms with E-state index in [0.717, 1.165) is 6.42 Å². The molecule has 0 radical (unpaired) electrons. The van der Waals surface area contributed by atoms with Gasteiger partial charge in [-0.15, -0.1) is 0 Å². The number of rotatable bonds is 3. The van der Waals surface area contributed by atoms with E-state index in [1.807, 2.05) is 0 Å². The summed E-state index contributed by atoms with van der Waals surface area (Å²) in [6.07, 6.45) is 0.945. The van der Waals surface area contributed by atoms with Gasteiger partial charge in [-0.25, -0.2) is 40.2 Å². The molecule has 0 aromatic rings. The minimum absolute atomic E-state index is 0.217. The zero-order chi connectivity index (χ0) is 9.94. The summed E-state index contributed by atoms with van der Waals surface area (Å²) in [4.78, 5) is 0. The quantitative estimate of drug-likeness (QED) is 0.677. The Hall–Kier alpha value is 2.22. The van der Waals surface area contributed by atoms with Gasteiger partial charge in [0, 0.05) is 0 Å². The third-order valence-corrected chi connectivity index (χ3v) is 12.4. The standard InChI is InChI=1S/C6H12.2Al.4ClH/c1-5-6(2,3)4;;;;;;/h1H,5H2,2-4H3;;;4*1H/q;2*+2;;;;/p-4. The molecule has 0 aliphatic heterocycles. The van der Waals surface area contributed by atoms with Crippen molar-refractivity contribution in [2.45, 2.75) is 30.8 Å². The van der Waals surface area contributed by atoms with Crippen LogP contribution in [0.1, 0.15) is 27.2 Å². The molecular weight excluding hydrogens is 268 g/mol. The van der Waals surface area contributed by atoms with Crippen molar-refractivity contribution in [3.63, 3.8) is 0 Å². The van der Waals surface area contributed by atoms with Gasteiger partial charge in [-0.05, 0) is 5.41 Å². The van der Waals surface area contributed by atoms with Crippen LogP contribution in [0.2, 0.25) is 3.64 Å². The van der Waals surface area contributed by atoms with Crippen LogP contribution in [0.5, 0.6) is 0 Å². The van der Waals surface area contributed by atoms with Gasteiger partial charge >= 0.3 is 24.6 Å². The Labute approximate surface area is 100 Å². The average Bonchev–Trinajstić information content (AvgIpc) is 1.79. The Bertz CT molecular complexity index is 124. The summed E-state index contributed by atoms with van der Waals surface area (Å²) in [5.41, 5.74) is 0.217. The fourth-order valence-corrected chi connectivity index (χ4v) is 12.6. The first-order valence-corrected chi connectivity index (χ1v) is 12.1. The van der Waals surface area contributed by atoms with Crippen molar-refractivity contribution in [2.75, 3.05) is 0 Å². The van der Waals surface area contributed by atoms with E-state index in [1.54, 1.807) is 0 Å². The lowest BCUT2D eigenvalue weighted by molar-refractivity contribution is 0.388. The third-order valence-electron chi connectivity index (χ3n) is 1.50. The van der Waals surface area contributed by atoms with E-state index in [0.29, 0.717) is 0 Å². The van der Waals surface area contributed by atoms with Crippen LogP contribution in [0.4, 0.5) is 0 Å². The van der Waals surface area contributed by atoms with Gasteiger partial charge in [-0.2, -0.15) is 0 Å². The molecule has 0 heterocycles. The zero-order valence-electron chi connectivity index (χ0n) is 7.45. The molecule has 0 bridgehead atoms. The van der Waals surface area contributed by atoms with Crippen molar-refractivity contribution in [2.24, 2.45) is 5.41 Å². The van der Waals surface area contributed by atoms with Crippen molar-refractivity contribution >= 4 is 64.8 Å². The smallest absolute Gasteiger partial charge is 0.235 e. The number of hydrogen-bond acceptors (Lipinski definition) is 0. The van der Waals surface area contributed by atoms with Crippen LogP contribution in [0.25, 0.3) is 0 Å². The van der Waals surface area contributed by atoms with Crippen LogP contribution in [-0.2, 0) is 0 Å². The summed E-state index contributed by atoms with van der Waals surface area (Å²) in [5.74, 6) is 0. The van der Waals surface area contributed by atoms with Crippen molar-refractivity contribution in [3.8, 4) is 0 Å². The van der Waals surface area contributed by atoms with Gasteiger partial charge in [0.2, 0.25) is 0 Å². The second-order valence-electron chi connectivity index (χ2n) is 4.10. The molecule has 6 heteroatoms. The summed E-state index contributed by atoms with van der Waals surface area (Å²) in [5, 5.41) is 0. The van der Waals surface area contributed by atoms with Gasteiger partial charge in [-0.3, -0.25) is 0 Å². The minimum atomic E-state index is -1.70. The monoisotopic (exact) mass is 278 g/mol. The number of hydrogen-bond donors (Lipinski definition) is 0. The fourth-order valence-electron chi connectivity index (χ4n) is 0.995. The highest BCUT2D eigenvalue weighted by atomic mass is 35.7. The van der Waals surface area contributed by atoms with Crippen LogP contribution in [0, 0.1) is 5.41 Å². The molecule has 0 saturated carbocycles. The Morgan fingerprint density at radius 3 is 1.42 bits per heavy atom. The van der Waals surface area contributed by atoms with E-state index in [4.69, 9.17) is 40.2 Å². The molecule has 0 saturated heterocycles. The SMILES string of the molecule is CC(C)(C)C[CH]([Al]([Cl])[Cl])[Al]([Cl])[Cl]. The van der Waals surface area contributed by atoms with Crippen LogP contribution < -0.4 is 0 Å². The molecule has 0 N–H and O–H groups in total. The molecule has 0 unspecified atom stereocenters. The second kappa shape index (κ2) is 5.95. The predicted octanol–water partition coefficient (Wildman–Crippen LogP) is 4.26. The highest BCUT2D eigenvalue weighted by Gasteiger charge is 2.38. The maximum atomic E-state index is 5.91. The molecule has 0 atom stereocenters. The van der Waals surface area contributed by atoms with Gasteiger partial charge < -0.3 is 0 Å². The normalized spacial score (nSPS) is 12.0. The van der Waals surface area contributed by atoms with Crippen molar-refractivity contribution < 1.29 is 0 Å². The molecule has 0 aliphatic carbocycles. The lowest BCUT2D eigenvalue weighted by Crippen LogP contribution is -2.23. The van der Waals surface area contributed by atoms with E-state index < -0.39 is 24.6 Å². The first-order chi connectivity index (χ1) is 5.24. The molecule has 0 amide bonds. The third kappa shape index (κ3) is 6.65. The first kappa shape index (κ1) is 14.2. The van der Waals surface area contributed by atoms with E-state index in [9.17, 15) is 0 Å². The van der Waals surface area contributed by atoms with E-state index >= 15 is 0 Å². The highest BCUT2D eigenvalue weighted by Crippen LogP contribution is 2.36. The Morgan fingerprint density at radius 1 is 1.00 bits per heavy atom. The molecule has 0 spiro atoms. The molecule has 12 heavy (non-hydrogen) atoms. The van der Waals surface area contributed by atoms with Crippen molar-refractivity contribution in [1.82, 2.24) is 0 Å². The van der Waals surface area contributed by atoms with Crippen LogP contribution in [0.3, 0.4) is 0 Å². The first-order valence-electron chi connectivity index (χ1n) is 3.80. The van der Waals surface area contributed by atoms with E-state index in [-0.39, 0.29) is 9.06 Å². The number of halogens is 4. The summed E-state index contributed by atoms with van der Waals surface area (Å²) >= 11 is -3.40. The van der Waals surface area contributed by atoms with Gasteiger partial charge in [-0.1, -0.05) is 30.8 Å². The molecule has 0 nitrogen and oxygen atoms in total. The van der Waals surface area contributed by atoms with Gasteiger partial charge in [0.25, 0.3) is 0 Å². The predicted molar refractivity (Wildman–Crippen MR) is 62.7 cm³/mol. The molecule has 0 fully saturated rings. The van der Waals surface area contributed by atoms with E-state index in [2.05, 4.69) is 20.8 Å². The summed E-state index contributed by atoms with van der Waals surface area (Å²) in [7, 11) is 23.7. The lowest BCUT2D eigenvalue weighted by Gasteiger charge is -2.24. The second-order valence-corrected chi connectivity index (χ2v) is 14.9. The molecular formula is C6H12Al2Cl4. The molecule has 0 aromatic carbocycles. The van der Waals surface area contributed by atoms with Crippen molar-refractivity contribution in [3.05, 3.63) is 0 Å². The molecule has 0 aliphatic rings. The Balaban J connectivity index is 4.15. The van der Waals surface area contributed by atoms with E-state index in [1.165, 1.54) is 0 Å². The largest absolute Gasteiger partial charge is 0.511 e. The summed E-state index contributed by atoms with van der Waals surface area (Å²) in [6, 6.07) is 0. The maximum Gasteiger partial charge on any atom is 0.511 e. The molecule has 0 aromatic heterocycles. The molecule has 70 valence electrons. The van der Waals surface area contributed by atoms with Crippen LogP contribution in [-0.4, -0.2) is 24.6 Å². The van der Waals surface area contributed by atoms with Gasteiger partial charge in [0.05, 0.1) is 0 Å². The summed E-state index contributed by atoms with van der Waals surface area (Å²) < 4.78 is 0.219. The lowest BCUT2D eigenvalue weighted by atomic mass is 9.93. The summed E-state index contributed by atoms with van der Waals surface area (Å²) in [6.45, 7) is 6.44. The van der Waals surface area contributed by atoms with Crippen LogP contribution in [0.15, 0.2) is 0 Å². The fraction of sp³-hybridized carbons (Fsp3) is 1.00. The Kier molecular flexibility index (Phi) is 7.05. The van der Waals surface area contributed by atoms with Gasteiger partial charge in [0.1, 0.15) is 0 Å². The Morgan fingerprint density at radius 2 is 1.33 bits per heavy atom. The topological polar surface area (TPSA) is 0 Å². The average molecular weight is 280 g/mol. The minimum Gasteiger partial charge on any atom is -0.235 e. The molecule has 0 rings (SSSR count). The maximum absolute atomic E-state index is 5.91. The van der Waals surface area contributed by atoms with Crippen molar-refractivity contribution in [1.29, 1.82) is 0 Å².